The van der Waals surface area contributed by atoms with Gasteiger partial charge in [0.25, 0.3) is 0 Å². The first-order chi connectivity index (χ1) is 29.2. The first-order valence-corrected chi connectivity index (χ1v) is 21.2. The fraction of sp³-hybridized carbons (Fsp3) is 0.438. The van der Waals surface area contributed by atoms with Crippen molar-refractivity contribution in [1.82, 2.24) is 16.0 Å². The number of hydrogen-bond donors (Lipinski definition) is 6. The van der Waals surface area contributed by atoms with Crippen LogP contribution in [0.2, 0.25) is 0 Å². The minimum absolute atomic E-state index is 0.0925. The molecule has 12 heteroatoms. The molecular weight excluding hydrogens is 763 g/mol. The standard InChI is InChI=1S/C48H57N3O9/c52-46(53)43(37-10-13-49-25-37)22-31-4-1-7-40(19-31)58-28-34-16-35(29-59-41-8-2-5-32(20-41)23-44(47(54)55)38-11-14-50-26-38)18-36(17-34)30-60-42-9-3-6-33(21-42)24-45(48(56)57)39-12-15-51-27-39/h1-9,16-21,37-39,43-45,49-51H,10-15,22-30H2,(H,52,53)(H,54,55)(H,56,57). The summed E-state index contributed by atoms with van der Waals surface area (Å²) in [4.78, 5) is 36.5. The van der Waals surface area contributed by atoms with Gasteiger partial charge in [-0.05, 0) is 184 Å². The molecule has 0 aliphatic carbocycles. The van der Waals surface area contributed by atoms with Gasteiger partial charge in [0.2, 0.25) is 0 Å². The summed E-state index contributed by atoms with van der Waals surface area (Å²) in [6.07, 6.45) is 3.84. The second kappa shape index (κ2) is 20.7. The number of rotatable bonds is 21. The van der Waals surface area contributed by atoms with Gasteiger partial charge in [0.1, 0.15) is 37.1 Å². The van der Waals surface area contributed by atoms with Crippen LogP contribution in [0.1, 0.15) is 52.6 Å². The van der Waals surface area contributed by atoms with Crippen molar-refractivity contribution in [3.8, 4) is 17.2 Å². The molecule has 3 aliphatic rings. The maximum atomic E-state index is 12.2. The largest absolute Gasteiger partial charge is 0.489 e. The van der Waals surface area contributed by atoms with Crippen molar-refractivity contribution < 1.29 is 43.9 Å². The molecule has 3 heterocycles. The van der Waals surface area contributed by atoms with E-state index in [4.69, 9.17) is 14.2 Å². The fourth-order valence-electron chi connectivity index (χ4n) is 9.07. The second-order valence-corrected chi connectivity index (χ2v) is 16.7. The zero-order valence-electron chi connectivity index (χ0n) is 34.0. The molecule has 0 bridgehead atoms. The van der Waals surface area contributed by atoms with Gasteiger partial charge in [-0.2, -0.15) is 0 Å². The molecule has 4 aromatic carbocycles. The quantitative estimate of drug-likeness (QED) is 0.0581. The van der Waals surface area contributed by atoms with Gasteiger partial charge < -0.3 is 45.5 Å². The van der Waals surface area contributed by atoms with E-state index in [0.29, 0.717) is 56.1 Å². The summed E-state index contributed by atoms with van der Waals surface area (Å²) >= 11 is 0. The molecule has 60 heavy (non-hydrogen) atoms. The molecule has 0 amide bonds. The monoisotopic (exact) mass is 819 g/mol. The molecule has 6 N–H and O–H groups in total. The van der Waals surface area contributed by atoms with Crippen LogP contribution in [0, 0.1) is 35.5 Å². The maximum Gasteiger partial charge on any atom is 0.307 e. The molecular formula is C48H57N3O9. The molecule has 6 unspecified atom stereocenters. The molecule has 3 fully saturated rings. The van der Waals surface area contributed by atoms with Gasteiger partial charge in [-0.15, -0.1) is 0 Å². The minimum Gasteiger partial charge on any atom is -0.489 e. The Bertz CT molecular complexity index is 1830. The minimum atomic E-state index is -0.778. The average molecular weight is 820 g/mol. The van der Waals surface area contributed by atoms with Crippen molar-refractivity contribution in [3.63, 3.8) is 0 Å². The normalized spacial score (nSPS) is 20.3. The number of carboxylic acid groups (broad SMARTS) is 3. The van der Waals surface area contributed by atoms with Crippen molar-refractivity contribution in [2.45, 2.75) is 58.3 Å². The van der Waals surface area contributed by atoms with Crippen LogP contribution in [-0.2, 0) is 53.5 Å². The van der Waals surface area contributed by atoms with E-state index in [0.717, 1.165) is 72.3 Å². The molecule has 4 aromatic rings. The van der Waals surface area contributed by atoms with Crippen LogP contribution >= 0.6 is 0 Å². The molecule has 7 rings (SSSR count). The first-order valence-electron chi connectivity index (χ1n) is 21.2. The predicted molar refractivity (Wildman–Crippen MR) is 226 cm³/mol. The SMILES string of the molecule is O=C(O)C(Cc1cccc(OCc2cc(COc3cccc(CC(C(=O)O)C4CCNC4)c3)cc(COc3cccc(CC(C(=O)O)C4CCNC4)c3)c2)c1)C1CCNC1. The number of aliphatic carboxylic acids is 3. The fourth-order valence-corrected chi connectivity index (χ4v) is 9.07. The third-order valence-corrected chi connectivity index (χ3v) is 12.3. The summed E-state index contributed by atoms with van der Waals surface area (Å²) in [5, 5.41) is 39.8. The van der Waals surface area contributed by atoms with Crippen molar-refractivity contribution in [3.05, 3.63) is 124 Å². The Balaban J connectivity index is 1.05. The van der Waals surface area contributed by atoms with E-state index in [1.165, 1.54) is 0 Å². The van der Waals surface area contributed by atoms with E-state index in [1.54, 1.807) is 0 Å². The molecule has 12 nitrogen and oxygen atoms in total. The number of nitrogens with one attached hydrogen (secondary N) is 3. The van der Waals surface area contributed by atoms with Crippen LogP contribution in [0.15, 0.2) is 91.0 Å². The lowest BCUT2D eigenvalue weighted by Gasteiger charge is -2.19. The molecule has 0 saturated carbocycles. The highest BCUT2D eigenvalue weighted by Gasteiger charge is 2.33. The van der Waals surface area contributed by atoms with E-state index in [1.807, 2.05) is 91.0 Å². The van der Waals surface area contributed by atoms with Crippen LogP contribution in [-0.4, -0.2) is 72.5 Å². The highest BCUT2D eigenvalue weighted by Crippen LogP contribution is 2.29. The van der Waals surface area contributed by atoms with Gasteiger partial charge in [-0.1, -0.05) is 36.4 Å². The lowest BCUT2D eigenvalue weighted by Crippen LogP contribution is -2.27. The topological polar surface area (TPSA) is 176 Å². The van der Waals surface area contributed by atoms with Crippen LogP contribution in [0.5, 0.6) is 17.2 Å². The van der Waals surface area contributed by atoms with Crippen molar-refractivity contribution in [1.29, 1.82) is 0 Å². The van der Waals surface area contributed by atoms with Crippen molar-refractivity contribution >= 4 is 17.9 Å². The summed E-state index contributed by atoms with van der Waals surface area (Å²) in [7, 11) is 0. The van der Waals surface area contributed by atoms with Crippen molar-refractivity contribution in [2.24, 2.45) is 35.5 Å². The predicted octanol–water partition coefficient (Wildman–Crippen LogP) is 5.98. The lowest BCUT2D eigenvalue weighted by atomic mass is 9.86. The molecule has 3 saturated heterocycles. The highest BCUT2D eigenvalue weighted by molar-refractivity contribution is 5.72. The Morgan fingerprint density at radius 3 is 1.02 bits per heavy atom. The van der Waals surface area contributed by atoms with Crippen molar-refractivity contribution in [2.75, 3.05) is 39.3 Å². The molecule has 3 aliphatic heterocycles. The lowest BCUT2D eigenvalue weighted by molar-refractivity contribution is -0.144. The second-order valence-electron chi connectivity index (χ2n) is 16.7. The van der Waals surface area contributed by atoms with E-state index in [2.05, 4.69) is 16.0 Å². The van der Waals surface area contributed by atoms with Gasteiger partial charge >= 0.3 is 17.9 Å². The Labute approximate surface area is 351 Å². The molecule has 318 valence electrons. The van der Waals surface area contributed by atoms with E-state index in [9.17, 15) is 29.7 Å². The van der Waals surface area contributed by atoms with Gasteiger partial charge in [0.15, 0.2) is 0 Å². The van der Waals surface area contributed by atoms with Gasteiger partial charge in [0, 0.05) is 0 Å². The van der Waals surface area contributed by atoms with E-state index < -0.39 is 35.7 Å². The molecule has 0 spiro atoms. The smallest absolute Gasteiger partial charge is 0.307 e. The Morgan fingerprint density at radius 1 is 0.467 bits per heavy atom. The van der Waals surface area contributed by atoms with E-state index >= 15 is 0 Å². The van der Waals surface area contributed by atoms with Gasteiger partial charge in [0.05, 0.1) is 17.8 Å². The van der Waals surface area contributed by atoms with E-state index in [-0.39, 0.29) is 37.6 Å². The van der Waals surface area contributed by atoms with Gasteiger partial charge in [-0.25, -0.2) is 0 Å². The summed E-state index contributed by atoms with van der Waals surface area (Å²) in [6, 6.07) is 29.0. The molecule has 0 aromatic heterocycles. The van der Waals surface area contributed by atoms with Crippen LogP contribution in [0.25, 0.3) is 0 Å². The number of hydrogen-bond acceptors (Lipinski definition) is 9. The number of carbonyl (C=O) groups is 3. The summed E-state index contributed by atoms with van der Waals surface area (Å²) in [5.41, 5.74) is 5.43. The Kier molecular flexibility index (Phi) is 14.7. The highest BCUT2D eigenvalue weighted by atomic mass is 16.5. The summed E-state index contributed by atoms with van der Waals surface area (Å²) in [6.45, 7) is 5.41. The maximum absolute atomic E-state index is 12.2. The summed E-state index contributed by atoms with van der Waals surface area (Å²) < 4.78 is 19.0. The Morgan fingerprint density at radius 2 is 0.767 bits per heavy atom. The zero-order chi connectivity index (χ0) is 41.8. The number of carboxylic acids is 3. The van der Waals surface area contributed by atoms with Crippen LogP contribution in [0.4, 0.5) is 0 Å². The molecule has 6 atom stereocenters. The average Bonchev–Trinajstić information content (AvgIpc) is 4.08. The third-order valence-electron chi connectivity index (χ3n) is 12.3. The Hall–Kier alpha value is -5.43. The van der Waals surface area contributed by atoms with Crippen LogP contribution in [0.3, 0.4) is 0 Å². The number of ether oxygens (including phenoxy) is 3. The molecule has 0 radical (unpaired) electrons. The van der Waals surface area contributed by atoms with Gasteiger partial charge in [-0.3, -0.25) is 14.4 Å². The summed E-state index contributed by atoms with van der Waals surface area (Å²) in [5.74, 6) is -1.52. The third kappa shape index (κ3) is 11.9. The number of benzene rings is 4. The zero-order valence-corrected chi connectivity index (χ0v) is 34.0. The first kappa shape index (κ1) is 42.7. The van der Waals surface area contributed by atoms with Crippen LogP contribution < -0.4 is 30.2 Å².